The standard InChI is InChI=1S/C11H15N3O3/c15-9-3-1-2-7(9)4-13-10-6-12-8(5-14-10)11(16)17/h5-7,9,15H,1-4H2,(H,13,14)(H,16,17)/t7-,9+/m1/s1. The van der Waals surface area contributed by atoms with E-state index in [2.05, 4.69) is 15.3 Å². The maximum atomic E-state index is 10.6. The van der Waals surface area contributed by atoms with E-state index in [0.717, 1.165) is 19.3 Å². The molecule has 0 unspecified atom stereocenters. The van der Waals surface area contributed by atoms with Crippen molar-refractivity contribution in [3.05, 3.63) is 18.1 Å². The van der Waals surface area contributed by atoms with E-state index in [1.54, 1.807) is 0 Å². The highest BCUT2D eigenvalue weighted by molar-refractivity contribution is 5.84. The number of nitrogens with one attached hydrogen (secondary N) is 1. The maximum Gasteiger partial charge on any atom is 0.356 e. The zero-order valence-electron chi connectivity index (χ0n) is 9.33. The fraction of sp³-hybridized carbons (Fsp3) is 0.545. The molecule has 0 spiro atoms. The quantitative estimate of drug-likeness (QED) is 0.715. The Morgan fingerprint density at radius 1 is 1.41 bits per heavy atom. The highest BCUT2D eigenvalue weighted by atomic mass is 16.4. The van der Waals surface area contributed by atoms with Gasteiger partial charge in [0.25, 0.3) is 0 Å². The van der Waals surface area contributed by atoms with Gasteiger partial charge in [-0.1, -0.05) is 6.42 Å². The van der Waals surface area contributed by atoms with E-state index < -0.39 is 5.97 Å². The van der Waals surface area contributed by atoms with Crippen LogP contribution in [0.15, 0.2) is 12.4 Å². The summed E-state index contributed by atoms with van der Waals surface area (Å²) in [5.74, 6) is -0.305. The van der Waals surface area contributed by atoms with E-state index in [4.69, 9.17) is 5.11 Å². The molecule has 17 heavy (non-hydrogen) atoms. The summed E-state index contributed by atoms with van der Waals surface area (Å²) < 4.78 is 0. The molecule has 6 heteroatoms. The van der Waals surface area contributed by atoms with Crippen molar-refractivity contribution < 1.29 is 15.0 Å². The molecule has 2 rings (SSSR count). The average Bonchev–Trinajstić information content (AvgIpc) is 2.73. The first-order valence-electron chi connectivity index (χ1n) is 5.64. The lowest BCUT2D eigenvalue weighted by atomic mass is 10.1. The van der Waals surface area contributed by atoms with Gasteiger partial charge in [-0.3, -0.25) is 0 Å². The highest BCUT2D eigenvalue weighted by Gasteiger charge is 2.24. The van der Waals surface area contributed by atoms with Crippen molar-refractivity contribution in [3.63, 3.8) is 0 Å². The Morgan fingerprint density at radius 2 is 2.24 bits per heavy atom. The number of carboxylic acid groups (broad SMARTS) is 1. The number of nitrogens with zero attached hydrogens (tertiary/aromatic N) is 2. The molecule has 0 amide bonds. The summed E-state index contributed by atoms with van der Waals surface area (Å²) in [6.45, 7) is 0.641. The predicted molar refractivity (Wildman–Crippen MR) is 60.8 cm³/mol. The molecule has 0 bridgehead atoms. The van der Waals surface area contributed by atoms with Gasteiger partial charge >= 0.3 is 5.97 Å². The Bertz CT molecular complexity index is 393. The van der Waals surface area contributed by atoms with Crippen LogP contribution in [-0.2, 0) is 0 Å². The minimum absolute atomic E-state index is 0.0727. The van der Waals surface area contributed by atoms with E-state index in [1.807, 2.05) is 0 Å². The number of carbonyl (C=O) groups is 1. The predicted octanol–water partition coefficient (Wildman–Crippen LogP) is 0.748. The van der Waals surface area contributed by atoms with Crippen LogP contribution in [0.2, 0.25) is 0 Å². The largest absolute Gasteiger partial charge is 0.476 e. The Kier molecular flexibility index (Phi) is 3.53. The summed E-state index contributed by atoms with van der Waals surface area (Å²) in [5.41, 5.74) is -0.0727. The van der Waals surface area contributed by atoms with Gasteiger partial charge in [-0.05, 0) is 12.8 Å². The van der Waals surface area contributed by atoms with Crippen LogP contribution >= 0.6 is 0 Å². The van der Waals surface area contributed by atoms with Gasteiger partial charge in [0.1, 0.15) is 5.82 Å². The molecule has 6 nitrogen and oxygen atoms in total. The number of anilines is 1. The van der Waals surface area contributed by atoms with Crippen molar-refractivity contribution >= 4 is 11.8 Å². The topological polar surface area (TPSA) is 95.3 Å². The number of rotatable bonds is 4. The molecule has 1 fully saturated rings. The molecule has 1 aliphatic carbocycles. The minimum Gasteiger partial charge on any atom is -0.476 e. The van der Waals surface area contributed by atoms with E-state index in [0.29, 0.717) is 12.4 Å². The first-order chi connectivity index (χ1) is 8.16. The normalized spacial score (nSPS) is 23.6. The molecule has 1 saturated carbocycles. The van der Waals surface area contributed by atoms with Gasteiger partial charge in [-0.25, -0.2) is 14.8 Å². The number of aromatic nitrogens is 2. The Morgan fingerprint density at radius 3 is 2.76 bits per heavy atom. The molecule has 1 aromatic rings. The first kappa shape index (κ1) is 11.8. The fourth-order valence-corrected chi connectivity index (χ4v) is 2.02. The van der Waals surface area contributed by atoms with Crippen LogP contribution in [0.3, 0.4) is 0 Å². The van der Waals surface area contributed by atoms with Crippen molar-refractivity contribution in [2.75, 3.05) is 11.9 Å². The Hall–Kier alpha value is -1.69. The minimum atomic E-state index is -1.09. The van der Waals surface area contributed by atoms with Crippen molar-refractivity contribution in [3.8, 4) is 0 Å². The smallest absolute Gasteiger partial charge is 0.356 e. The zero-order valence-corrected chi connectivity index (χ0v) is 9.33. The Labute approximate surface area is 98.7 Å². The third kappa shape index (κ3) is 2.91. The van der Waals surface area contributed by atoms with E-state index in [9.17, 15) is 9.90 Å². The lowest BCUT2D eigenvalue weighted by Gasteiger charge is -2.15. The van der Waals surface area contributed by atoms with Crippen LogP contribution in [0.5, 0.6) is 0 Å². The fourth-order valence-electron chi connectivity index (χ4n) is 2.02. The van der Waals surface area contributed by atoms with Crippen LogP contribution in [0.1, 0.15) is 29.8 Å². The third-order valence-electron chi connectivity index (χ3n) is 3.04. The van der Waals surface area contributed by atoms with Crippen LogP contribution in [0.25, 0.3) is 0 Å². The summed E-state index contributed by atoms with van der Waals surface area (Å²) in [5, 5.41) is 21.3. The molecule has 0 saturated heterocycles. The number of aromatic carboxylic acids is 1. The lowest BCUT2D eigenvalue weighted by Crippen LogP contribution is -2.22. The lowest BCUT2D eigenvalue weighted by molar-refractivity contribution is 0.0690. The molecular formula is C11H15N3O3. The van der Waals surface area contributed by atoms with Crippen molar-refractivity contribution in [1.29, 1.82) is 0 Å². The van der Waals surface area contributed by atoms with Crippen molar-refractivity contribution in [1.82, 2.24) is 9.97 Å². The van der Waals surface area contributed by atoms with Crippen molar-refractivity contribution in [2.24, 2.45) is 5.92 Å². The number of aliphatic hydroxyl groups excluding tert-OH is 1. The van der Waals surface area contributed by atoms with E-state index in [-0.39, 0.29) is 17.7 Å². The molecule has 1 heterocycles. The Balaban J connectivity index is 1.88. The third-order valence-corrected chi connectivity index (χ3v) is 3.04. The van der Waals surface area contributed by atoms with Gasteiger partial charge < -0.3 is 15.5 Å². The molecule has 0 aliphatic heterocycles. The van der Waals surface area contributed by atoms with Crippen LogP contribution in [0, 0.1) is 5.92 Å². The van der Waals surface area contributed by atoms with Gasteiger partial charge in [0.05, 0.1) is 18.5 Å². The first-order valence-corrected chi connectivity index (χ1v) is 5.64. The number of aliphatic hydroxyl groups is 1. The van der Waals surface area contributed by atoms with Crippen LogP contribution in [-0.4, -0.2) is 38.8 Å². The summed E-state index contributed by atoms with van der Waals surface area (Å²) in [6, 6.07) is 0. The summed E-state index contributed by atoms with van der Waals surface area (Å²) >= 11 is 0. The SMILES string of the molecule is O=C(O)c1cnc(NC[C@H]2CCC[C@@H]2O)cn1. The summed E-state index contributed by atoms with van der Waals surface area (Å²) in [6.07, 6.45) is 5.29. The molecule has 92 valence electrons. The molecule has 1 aromatic heterocycles. The molecule has 0 aromatic carbocycles. The molecule has 3 N–H and O–H groups in total. The molecule has 2 atom stereocenters. The molecular weight excluding hydrogens is 222 g/mol. The number of hydrogen-bond acceptors (Lipinski definition) is 5. The van der Waals surface area contributed by atoms with Gasteiger partial charge in [-0.2, -0.15) is 0 Å². The van der Waals surface area contributed by atoms with E-state index >= 15 is 0 Å². The van der Waals surface area contributed by atoms with Crippen LogP contribution < -0.4 is 5.32 Å². The molecule has 1 aliphatic rings. The monoisotopic (exact) mass is 237 g/mol. The van der Waals surface area contributed by atoms with Crippen LogP contribution in [0.4, 0.5) is 5.82 Å². The van der Waals surface area contributed by atoms with Gasteiger partial charge in [0.15, 0.2) is 5.69 Å². The van der Waals surface area contributed by atoms with E-state index in [1.165, 1.54) is 12.4 Å². The summed E-state index contributed by atoms with van der Waals surface area (Å²) in [4.78, 5) is 18.3. The highest BCUT2D eigenvalue weighted by Crippen LogP contribution is 2.25. The summed E-state index contributed by atoms with van der Waals surface area (Å²) in [7, 11) is 0. The second kappa shape index (κ2) is 5.09. The second-order valence-electron chi connectivity index (χ2n) is 4.23. The molecule has 0 radical (unpaired) electrons. The van der Waals surface area contributed by atoms with Gasteiger partial charge in [-0.15, -0.1) is 0 Å². The van der Waals surface area contributed by atoms with Crippen molar-refractivity contribution in [2.45, 2.75) is 25.4 Å². The average molecular weight is 237 g/mol. The van der Waals surface area contributed by atoms with Gasteiger partial charge in [0, 0.05) is 12.5 Å². The second-order valence-corrected chi connectivity index (χ2v) is 4.23. The number of hydrogen-bond donors (Lipinski definition) is 3. The maximum absolute atomic E-state index is 10.6. The van der Waals surface area contributed by atoms with Gasteiger partial charge in [0.2, 0.25) is 0 Å². The number of carboxylic acids is 1. The zero-order chi connectivity index (χ0) is 12.3.